The molecule has 7 heteroatoms. The van der Waals surface area contributed by atoms with Crippen molar-refractivity contribution in [1.82, 2.24) is 19.6 Å². The van der Waals surface area contributed by atoms with Crippen LogP contribution in [0.3, 0.4) is 0 Å². The van der Waals surface area contributed by atoms with Crippen molar-refractivity contribution in [3.63, 3.8) is 0 Å². The smallest absolute Gasteiger partial charge is 0.277 e. The van der Waals surface area contributed by atoms with Crippen molar-refractivity contribution in [3.05, 3.63) is 51.4 Å². The summed E-state index contributed by atoms with van der Waals surface area (Å²) >= 11 is 0. The van der Waals surface area contributed by atoms with Gasteiger partial charge in [-0.25, -0.2) is 4.98 Å². The molecule has 24 heavy (non-hydrogen) atoms. The Labute approximate surface area is 138 Å². The van der Waals surface area contributed by atoms with E-state index in [2.05, 4.69) is 20.4 Å². The fourth-order valence-corrected chi connectivity index (χ4v) is 3.05. The highest BCUT2D eigenvalue weighted by Crippen LogP contribution is 2.17. The van der Waals surface area contributed by atoms with Crippen LogP contribution in [0.4, 0.5) is 5.95 Å². The fourth-order valence-electron chi connectivity index (χ4n) is 3.05. The topological polar surface area (TPSA) is 84.3 Å². The number of methoxy groups -OCH3 is 1. The number of hydrogen-bond donors (Lipinski definition) is 2. The van der Waals surface area contributed by atoms with Gasteiger partial charge in [-0.2, -0.15) is 9.50 Å². The van der Waals surface area contributed by atoms with E-state index < -0.39 is 0 Å². The van der Waals surface area contributed by atoms with E-state index in [1.807, 2.05) is 24.3 Å². The first kappa shape index (κ1) is 14.7. The normalized spacial score (nSPS) is 13.7. The zero-order valence-electron chi connectivity index (χ0n) is 13.5. The number of hydrogen-bond acceptors (Lipinski definition) is 5. The summed E-state index contributed by atoms with van der Waals surface area (Å²) in [5.74, 6) is 1.79. The van der Waals surface area contributed by atoms with Gasteiger partial charge in [-0.15, -0.1) is 0 Å². The van der Waals surface area contributed by atoms with Crippen molar-refractivity contribution in [2.75, 3.05) is 12.4 Å². The Morgan fingerprint density at radius 3 is 2.79 bits per heavy atom. The van der Waals surface area contributed by atoms with Crippen LogP contribution < -0.4 is 15.6 Å². The monoisotopic (exact) mass is 325 g/mol. The Morgan fingerprint density at radius 1 is 1.21 bits per heavy atom. The molecule has 0 fully saturated rings. The number of aromatic amines is 1. The van der Waals surface area contributed by atoms with Crippen LogP contribution in [-0.2, 0) is 19.4 Å². The molecular weight excluding hydrogens is 306 g/mol. The minimum Gasteiger partial charge on any atom is -0.497 e. The predicted octanol–water partition coefficient (Wildman–Crippen LogP) is 1.92. The van der Waals surface area contributed by atoms with Crippen molar-refractivity contribution in [2.24, 2.45) is 0 Å². The lowest BCUT2D eigenvalue weighted by molar-refractivity contribution is 0.414. The number of benzene rings is 1. The molecule has 0 aliphatic heterocycles. The molecule has 0 saturated carbocycles. The molecule has 1 aliphatic carbocycles. The maximum Gasteiger partial charge on any atom is 0.277 e. The summed E-state index contributed by atoms with van der Waals surface area (Å²) in [6.07, 6.45) is 3.80. The molecule has 0 radical (unpaired) electrons. The van der Waals surface area contributed by atoms with Gasteiger partial charge in [-0.05, 0) is 43.4 Å². The quantitative estimate of drug-likeness (QED) is 0.765. The number of rotatable bonds is 4. The second kappa shape index (κ2) is 5.99. The number of aromatic nitrogens is 4. The van der Waals surface area contributed by atoms with E-state index in [4.69, 9.17) is 4.74 Å². The number of aryl methyl sites for hydroxylation is 1. The van der Waals surface area contributed by atoms with Gasteiger partial charge in [0.15, 0.2) is 0 Å². The second-order valence-corrected chi connectivity index (χ2v) is 5.96. The zero-order chi connectivity index (χ0) is 16.5. The summed E-state index contributed by atoms with van der Waals surface area (Å²) in [6, 6.07) is 7.79. The lowest BCUT2D eigenvalue weighted by atomic mass is 9.97. The molecule has 0 bridgehead atoms. The van der Waals surface area contributed by atoms with Crippen LogP contribution in [0.5, 0.6) is 5.75 Å². The van der Waals surface area contributed by atoms with Gasteiger partial charge in [0.1, 0.15) is 5.75 Å². The SMILES string of the molecule is COc1ccc(CNc2nc3nc4c(c(=O)n3[nH]2)CCCC4)cc1. The molecular formula is C17H19N5O2. The van der Waals surface area contributed by atoms with Gasteiger partial charge in [-0.3, -0.25) is 9.89 Å². The van der Waals surface area contributed by atoms with Crippen molar-refractivity contribution >= 4 is 11.7 Å². The van der Waals surface area contributed by atoms with Crippen molar-refractivity contribution in [2.45, 2.75) is 32.2 Å². The van der Waals surface area contributed by atoms with Gasteiger partial charge < -0.3 is 10.1 Å². The van der Waals surface area contributed by atoms with E-state index in [0.717, 1.165) is 48.3 Å². The Morgan fingerprint density at radius 2 is 2.00 bits per heavy atom. The Balaban J connectivity index is 1.58. The molecule has 2 heterocycles. The van der Waals surface area contributed by atoms with E-state index in [9.17, 15) is 4.79 Å². The Hall–Kier alpha value is -2.83. The molecule has 1 aromatic carbocycles. The van der Waals surface area contributed by atoms with Crippen LogP contribution in [0.25, 0.3) is 5.78 Å². The number of anilines is 1. The average Bonchev–Trinajstić information content (AvgIpc) is 3.04. The number of H-pyrrole nitrogens is 1. The molecule has 0 amide bonds. The van der Waals surface area contributed by atoms with Gasteiger partial charge >= 0.3 is 0 Å². The van der Waals surface area contributed by atoms with Crippen molar-refractivity contribution in [1.29, 1.82) is 0 Å². The minimum absolute atomic E-state index is 0.0281. The third-order valence-corrected chi connectivity index (χ3v) is 4.38. The van der Waals surface area contributed by atoms with E-state index in [-0.39, 0.29) is 5.56 Å². The summed E-state index contributed by atoms with van der Waals surface area (Å²) < 4.78 is 6.58. The average molecular weight is 325 g/mol. The number of nitrogens with one attached hydrogen (secondary N) is 2. The van der Waals surface area contributed by atoms with Gasteiger partial charge in [-0.1, -0.05) is 12.1 Å². The summed E-state index contributed by atoms with van der Waals surface area (Å²) in [5, 5.41) is 6.20. The van der Waals surface area contributed by atoms with Crippen LogP contribution >= 0.6 is 0 Å². The molecule has 124 valence electrons. The third kappa shape index (κ3) is 2.62. The molecule has 0 atom stereocenters. The van der Waals surface area contributed by atoms with Gasteiger partial charge in [0.25, 0.3) is 11.3 Å². The maximum atomic E-state index is 12.5. The Kier molecular flexibility index (Phi) is 3.68. The number of ether oxygens (including phenoxy) is 1. The van der Waals surface area contributed by atoms with Crippen LogP contribution in [0.2, 0.25) is 0 Å². The molecule has 3 aromatic rings. The first-order chi connectivity index (χ1) is 11.7. The van der Waals surface area contributed by atoms with Crippen LogP contribution in [-0.4, -0.2) is 26.7 Å². The highest BCUT2D eigenvalue weighted by atomic mass is 16.5. The molecule has 2 N–H and O–H groups in total. The molecule has 0 spiro atoms. The molecule has 1 aliphatic rings. The van der Waals surface area contributed by atoms with Crippen molar-refractivity contribution < 1.29 is 4.74 Å². The van der Waals surface area contributed by atoms with Gasteiger partial charge in [0.05, 0.1) is 12.8 Å². The molecule has 0 unspecified atom stereocenters. The van der Waals surface area contributed by atoms with Crippen LogP contribution in [0.1, 0.15) is 29.7 Å². The Bertz CT molecular complexity index is 927. The molecule has 2 aromatic heterocycles. The number of fused-ring (bicyclic) bond motifs is 2. The zero-order valence-corrected chi connectivity index (χ0v) is 13.5. The van der Waals surface area contributed by atoms with E-state index in [1.165, 1.54) is 4.52 Å². The van der Waals surface area contributed by atoms with E-state index >= 15 is 0 Å². The highest BCUT2D eigenvalue weighted by Gasteiger charge is 2.18. The largest absolute Gasteiger partial charge is 0.497 e. The van der Waals surface area contributed by atoms with E-state index in [0.29, 0.717) is 18.3 Å². The van der Waals surface area contributed by atoms with Crippen molar-refractivity contribution in [3.8, 4) is 5.75 Å². The third-order valence-electron chi connectivity index (χ3n) is 4.38. The standard InChI is InChI=1S/C17H19N5O2/c1-24-12-8-6-11(7-9-12)10-18-16-20-17-19-14-5-3-2-4-13(14)15(23)22(17)21-16/h6-9H,2-5,10H2,1H3,(H2,18,19,20,21). The first-order valence-corrected chi connectivity index (χ1v) is 8.12. The fraction of sp³-hybridized carbons (Fsp3) is 0.353. The van der Waals surface area contributed by atoms with Crippen LogP contribution in [0, 0.1) is 0 Å². The summed E-state index contributed by atoms with van der Waals surface area (Å²) in [7, 11) is 1.64. The molecule has 0 saturated heterocycles. The number of nitrogens with zero attached hydrogens (tertiary/aromatic N) is 3. The van der Waals surface area contributed by atoms with E-state index in [1.54, 1.807) is 7.11 Å². The maximum absolute atomic E-state index is 12.5. The minimum atomic E-state index is -0.0281. The molecule has 4 rings (SSSR count). The summed E-state index contributed by atoms with van der Waals surface area (Å²) in [4.78, 5) is 21.5. The lowest BCUT2D eigenvalue weighted by Crippen LogP contribution is -2.25. The van der Waals surface area contributed by atoms with Gasteiger partial charge in [0, 0.05) is 12.1 Å². The molecule has 7 nitrogen and oxygen atoms in total. The lowest BCUT2D eigenvalue weighted by Gasteiger charge is -2.12. The predicted molar refractivity (Wildman–Crippen MR) is 90.6 cm³/mol. The highest BCUT2D eigenvalue weighted by molar-refractivity contribution is 5.40. The second-order valence-electron chi connectivity index (χ2n) is 5.96. The summed E-state index contributed by atoms with van der Waals surface area (Å²) in [6.45, 7) is 0.596. The van der Waals surface area contributed by atoms with Crippen LogP contribution in [0.15, 0.2) is 29.1 Å². The first-order valence-electron chi connectivity index (χ1n) is 8.12. The van der Waals surface area contributed by atoms with Gasteiger partial charge in [0.2, 0.25) is 5.95 Å². The summed E-state index contributed by atoms with van der Waals surface area (Å²) in [5.41, 5.74) is 2.79.